The fourth-order valence-corrected chi connectivity index (χ4v) is 6.47. The van der Waals surface area contributed by atoms with Gasteiger partial charge >= 0.3 is 0 Å². The zero-order chi connectivity index (χ0) is 17.3. The minimum atomic E-state index is -3.05. The van der Waals surface area contributed by atoms with Crippen molar-refractivity contribution in [1.82, 2.24) is 19.5 Å². The van der Waals surface area contributed by atoms with E-state index in [0.29, 0.717) is 6.42 Å². The summed E-state index contributed by atoms with van der Waals surface area (Å²) >= 11 is 0. The van der Waals surface area contributed by atoms with Gasteiger partial charge in [0.25, 0.3) is 0 Å². The van der Waals surface area contributed by atoms with Crippen LogP contribution in [-0.4, -0.2) is 51.4 Å². The van der Waals surface area contributed by atoms with Crippen LogP contribution < -0.4 is 0 Å². The Morgan fingerprint density at radius 2 is 2.12 bits per heavy atom. The molecule has 2 aromatic rings. The topological polar surface area (TPSA) is 84.6 Å². The number of carbonyl (C=O) groups excluding carboxylic acids is 1. The lowest BCUT2D eigenvalue weighted by atomic mass is 9.96. The molecule has 3 atom stereocenters. The molecule has 1 amide bonds. The van der Waals surface area contributed by atoms with E-state index in [9.17, 15) is 13.2 Å². The molecule has 25 heavy (non-hydrogen) atoms. The van der Waals surface area contributed by atoms with Crippen LogP contribution in [-0.2, 0) is 21.1 Å². The molecule has 7 nitrogen and oxygen atoms in total. The van der Waals surface area contributed by atoms with E-state index in [-0.39, 0.29) is 35.4 Å². The highest BCUT2D eigenvalue weighted by Crippen LogP contribution is 2.44. The highest BCUT2D eigenvalue weighted by atomic mass is 32.2. The summed E-state index contributed by atoms with van der Waals surface area (Å²) in [7, 11) is -3.05. The van der Waals surface area contributed by atoms with Gasteiger partial charge in [-0.25, -0.2) is 17.9 Å². The lowest BCUT2D eigenvalue weighted by Gasteiger charge is -2.37. The van der Waals surface area contributed by atoms with Crippen molar-refractivity contribution in [3.8, 4) is 0 Å². The summed E-state index contributed by atoms with van der Waals surface area (Å²) in [5.41, 5.74) is 3.99. The summed E-state index contributed by atoms with van der Waals surface area (Å²) in [6, 6.07) is 2.11. The molecule has 3 unspecified atom stereocenters. The SMILES string of the molecule is Cc1cc2ncc3c(n2n1)CC1CCC3N1C(=O)C1CCS(=O)(=O)C1. The third-order valence-electron chi connectivity index (χ3n) is 5.86. The fraction of sp³-hybridized carbons (Fsp3) is 0.588. The van der Waals surface area contributed by atoms with E-state index in [0.717, 1.165) is 41.9 Å². The number of carbonyl (C=O) groups is 1. The Kier molecular flexibility index (Phi) is 3.08. The highest BCUT2D eigenvalue weighted by Gasteiger charge is 2.47. The van der Waals surface area contributed by atoms with E-state index in [2.05, 4.69) is 10.1 Å². The Bertz CT molecular complexity index is 997. The van der Waals surface area contributed by atoms with Gasteiger partial charge < -0.3 is 4.90 Å². The lowest BCUT2D eigenvalue weighted by molar-refractivity contribution is -0.138. The summed E-state index contributed by atoms with van der Waals surface area (Å²) in [6.45, 7) is 1.95. The van der Waals surface area contributed by atoms with Crippen molar-refractivity contribution in [3.05, 3.63) is 29.2 Å². The molecule has 0 radical (unpaired) electrons. The molecular formula is C17H20N4O3S. The molecule has 3 aliphatic heterocycles. The van der Waals surface area contributed by atoms with Crippen molar-refractivity contribution in [1.29, 1.82) is 0 Å². The van der Waals surface area contributed by atoms with Crippen molar-refractivity contribution in [2.24, 2.45) is 5.92 Å². The monoisotopic (exact) mass is 360 g/mol. The molecule has 3 aliphatic rings. The second-order valence-corrected chi connectivity index (χ2v) is 9.74. The molecule has 0 aromatic carbocycles. The van der Waals surface area contributed by atoms with Gasteiger partial charge in [0.2, 0.25) is 5.91 Å². The maximum Gasteiger partial charge on any atom is 0.227 e. The lowest BCUT2D eigenvalue weighted by Crippen LogP contribution is -2.45. The molecule has 5 rings (SSSR count). The normalized spacial score (nSPS) is 30.0. The Morgan fingerprint density at radius 1 is 1.28 bits per heavy atom. The van der Waals surface area contributed by atoms with Gasteiger partial charge in [-0.2, -0.15) is 5.10 Å². The zero-order valence-electron chi connectivity index (χ0n) is 14.1. The number of fused-ring (bicyclic) bond motifs is 6. The first kappa shape index (κ1) is 15.3. The standard InChI is InChI=1S/C17H20N4O3S/c1-10-6-16-18-8-13-14-3-2-12(7-15(13)21(16)19-10)20(14)17(22)11-4-5-25(23,24)9-11/h6,8,11-12,14H,2-5,7,9H2,1H3. The van der Waals surface area contributed by atoms with Crippen LogP contribution in [0.15, 0.2) is 12.3 Å². The van der Waals surface area contributed by atoms with Crippen LogP contribution in [0.4, 0.5) is 0 Å². The second kappa shape index (κ2) is 5.03. The first-order valence-corrected chi connectivity index (χ1v) is 10.6. The Hall–Kier alpha value is -1.96. The van der Waals surface area contributed by atoms with E-state index in [1.807, 2.05) is 28.6 Å². The maximum absolute atomic E-state index is 13.0. The van der Waals surface area contributed by atoms with E-state index < -0.39 is 9.84 Å². The van der Waals surface area contributed by atoms with E-state index in [1.54, 1.807) is 0 Å². The van der Waals surface area contributed by atoms with Crippen LogP contribution in [0.25, 0.3) is 5.65 Å². The van der Waals surface area contributed by atoms with Gasteiger partial charge in [-0.3, -0.25) is 4.79 Å². The van der Waals surface area contributed by atoms with Gasteiger partial charge in [0.05, 0.1) is 34.9 Å². The van der Waals surface area contributed by atoms with Crippen molar-refractivity contribution in [2.75, 3.05) is 11.5 Å². The zero-order valence-corrected chi connectivity index (χ0v) is 14.9. The number of hydrogen-bond donors (Lipinski definition) is 0. The van der Waals surface area contributed by atoms with Gasteiger partial charge in [-0.1, -0.05) is 0 Å². The van der Waals surface area contributed by atoms with Gasteiger partial charge in [-0.15, -0.1) is 0 Å². The van der Waals surface area contributed by atoms with Gasteiger partial charge in [-0.05, 0) is 26.2 Å². The van der Waals surface area contributed by atoms with Crippen molar-refractivity contribution < 1.29 is 13.2 Å². The highest BCUT2D eigenvalue weighted by molar-refractivity contribution is 7.91. The molecule has 2 fully saturated rings. The minimum absolute atomic E-state index is 0.00423. The quantitative estimate of drug-likeness (QED) is 0.759. The van der Waals surface area contributed by atoms with E-state index in [1.165, 1.54) is 0 Å². The van der Waals surface area contributed by atoms with Crippen molar-refractivity contribution in [3.63, 3.8) is 0 Å². The summed E-state index contributed by atoms with van der Waals surface area (Å²) in [4.78, 5) is 19.5. The number of amides is 1. The summed E-state index contributed by atoms with van der Waals surface area (Å²) < 4.78 is 25.4. The third kappa shape index (κ3) is 2.23. The molecule has 8 heteroatoms. The number of rotatable bonds is 1. The Labute approximate surface area is 146 Å². The van der Waals surface area contributed by atoms with Gasteiger partial charge in [0.15, 0.2) is 15.5 Å². The molecule has 2 bridgehead atoms. The number of nitrogens with zero attached hydrogens (tertiary/aromatic N) is 4. The van der Waals surface area contributed by atoms with Crippen molar-refractivity contribution >= 4 is 21.4 Å². The summed E-state index contributed by atoms with van der Waals surface area (Å²) in [5, 5.41) is 4.56. The van der Waals surface area contributed by atoms with Crippen LogP contribution in [0.1, 0.15) is 42.3 Å². The first-order valence-electron chi connectivity index (χ1n) is 8.80. The second-order valence-electron chi connectivity index (χ2n) is 7.51. The van der Waals surface area contributed by atoms with Gasteiger partial charge in [0.1, 0.15) is 0 Å². The number of aryl methyl sites for hydroxylation is 1. The van der Waals surface area contributed by atoms with E-state index >= 15 is 0 Å². The van der Waals surface area contributed by atoms with Crippen LogP contribution in [0, 0.1) is 12.8 Å². The molecule has 132 valence electrons. The van der Waals surface area contributed by atoms with Crippen LogP contribution >= 0.6 is 0 Å². The Morgan fingerprint density at radius 3 is 2.88 bits per heavy atom. The summed E-state index contributed by atoms with van der Waals surface area (Å²) in [5.74, 6) is -0.225. The molecule has 0 saturated carbocycles. The van der Waals surface area contributed by atoms with Crippen LogP contribution in [0.3, 0.4) is 0 Å². The Balaban J connectivity index is 1.53. The first-order chi connectivity index (χ1) is 11.9. The predicted octanol–water partition coefficient (Wildman–Crippen LogP) is 1.06. The smallest absolute Gasteiger partial charge is 0.227 e. The van der Waals surface area contributed by atoms with Crippen LogP contribution in [0.5, 0.6) is 0 Å². The molecular weight excluding hydrogens is 340 g/mol. The number of sulfone groups is 1. The molecule has 5 heterocycles. The third-order valence-corrected chi connectivity index (χ3v) is 7.63. The average Bonchev–Trinajstić information content (AvgIpc) is 3.21. The van der Waals surface area contributed by atoms with Crippen molar-refractivity contribution in [2.45, 2.75) is 44.7 Å². The molecule has 0 spiro atoms. The predicted molar refractivity (Wildman–Crippen MR) is 90.8 cm³/mol. The average molecular weight is 360 g/mol. The summed E-state index contributed by atoms with van der Waals surface area (Å²) in [6.07, 6.45) is 4.96. The minimum Gasteiger partial charge on any atom is -0.332 e. The van der Waals surface area contributed by atoms with Crippen LogP contribution in [0.2, 0.25) is 0 Å². The molecule has 0 aliphatic carbocycles. The maximum atomic E-state index is 13.0. The molecule has 0 N–H and O–H groups in total. The molecule has 2 saturated heterocycles. The number of hydrogen-bond acceptors (Lipinski definition) is 5. The van der Waals surface area contributed by atoms with Gasteiger partial charge in [0, 0.05) is 30.3 Å². The number of aromatic nitrogens is 3. The fourth-order valence-electron chi connectivity index (χ4n) is 4.74. The van der Waals surface area contributed by atoms with E-state index in [4.69, 9.17) is 0 Å². The molecule has 2 aromatic heterocycles. The largest absolute Gasteiger partial charge is 0.332 e.